The van der Waals surface area contributed by atoms with Gasteiger partial charge < -0.3 is 14.9 Å². The molecule has 0 spiro atoms. The van der Waals surface area contributed by atoms with Crippen LogP contribution in [-0.2, 0) is 14.3 Å². The quantitative estimate of drug-likeness (QED) is 0.509. The number of aliphatic carboxylic acids is 1. The Labute approximate surface area is 187 Å². The maximum absolute atomic E-state index is 13.5. The summed E-state index contributed by atoms with van der Waals surface area (Å²) in [7, 11) is 1.22. The van der Waals surface area contributed by atoms with Gasteiger partial charge in [-0.15, -0.1) is 11.3 Å². The van der Waals surface area contributed by atoms with Crippen LogP contribution in [0.3, 0.4) is 0 Å². The van der Waals surface area contributed by atoms with Crippen molar-refractivity contribution >= 4 is 34.9 Å². The van der Waals surface area contributed by atoms with Gasteiger partial charge in [-0.25, -0.2) is 9.59 Å². The highest BCUT2D eigenvalue weighted by Crippen LogP contribution is 2.36. The van der Waals surface area contributed by atoms with E-state index in [-0.39, 0.29) is 21.9 Å². The first-order valence-corrected chi connectivity index (χ1v) is 11.2. The summed E-state index contributed by atoms with van der Waals surface area (Å²) in [5.41, 5.74) is -0.154. The summed E-state index contributed by atoms with van der Waals surface area (Å²) in [6.07, 6.45) is 3.03. The number of carbonyl (C=O) groups is 3. The average molecular weight is 450 g/mol. The minimum Gasteiger partial charge on any atom is -0.480 e. The van der Waals surface area contributed by atoms with Gasteiger partial charge in [0.05, 0.1) is 24.3 Å². The van der Waals surface area contributed by atoms with Crippen molar-refractivity contribution in [1.82, 2.24) is 0 Å². The Balaban J connectivity index is 2.59. The van der Waals surface area contributed by atoms with E-state index in [2.05, 4.69) is 18.8 Å². The second-order valence-corrected chi connectivity index (χ2v) is 10.1. The van der Waals surface area contributed by atoms with E-state index < -0.39 is 30.5 Å². The van der Waals surface area contributed by atoms with Crippen LogP contribution >= 0.6 is 11.3 Å². The Bertz CT molecular complexity index is 880. The first kappa shape index (κ1) is 24.9. The number of carbonyl (C=O) groups excluding carboxylic acids is 2. The summed E-state index contributed by atoms with van der Waals surface area (Å²) in [4.78, 5) is 39.5. The molecule has 8 heteroatoms. The average Bonchev–Trinajstić information content (AvgIpc) is 3.13. The van der Waals surface area contributed by atoms with Gasteiger partial charge in [0.15, 0.2) is 6.04 Å². The Morgan fingerprint density at radius 1 is 1.26 bits per heavy atom. The molecule has 0 aliphatic heterocycles. The van der Waals surface area contributed by atoms with Crippen LogP contribution in [0.1, 0.15) is 67.9 Å². The molecule has 0 saturated heterocycles. The Morgan fingerprint density at radius 3 is 2.35 bits per heavy atom. The van der Waals surface area contributed by atoms with Crippen molar-refractivity contribution in [3.8, 4) is 11.8 Å². The Kier molecular flexibility index (Phi) is 8.27. The maximum Gasteiger partial charge on any atom is 0.350 e. The number of esters is 1. The molecule has 1 saturated carbocycles. The van der Waals surface area contributed by atoms with Crippen molar-refractivity contribution in [2.75, 3.05) is 18.6 Å². The fourth-order valence-electron chi connectivity index (χ4n) is 3.52. The number of hydrogen-bond donors (Lipinski definition) is 2. The van der Waals surface area contributed by atoms with Crippen molar-refractivity contribution in [2.24, 2.45) is 17.3 Å². The molecule has 2 rings (SSSR count). The zero-order valence-corrected chi connectivity index (χ0v) is 19.5. The second-order valence-electron chi connectivity index (χ2n) is 9.02. The fraction of sp³-hybridized carbons (Fsp3) is 0.609. The van der Waals surface area contributed by atoms with Gasteiger partial charge in [0, 0.05) is 11.3 Å². The molecule has 0 aromatic carbocycles. The van der Waals surface area contributed by atoms with Gasteiger partial charge in [0.2, 0.25) is 5.91 Å². The molecule has 7 nitrogen and oxygen atoms in total. The maximum atomic E-state index is 13.5. The molecule has 31 heavy (non-hydrogen) atoms. The minimum atomic E-state index is -1.51. The van der Waals surface area contributed by atoms with Crippen LogP contribution in [0.4, 0.5) is 5.69 Å². The number of amides is 1. The molecule has 1 aliphatic rings. The van der Waals surface area contributed by atoms with Crippen LogP contribution in [0.2, 0.25) is 0 Å². The first-order valence-electron chi connectivity index (χ1n) is 10.4. The second kappa shape index (κ2) is 10.3. The summed E-state index contributed by atoms with van der Waals surface area (Å²) in [5.74, 6) is 3.81. The van der Waals surface area contributed by atoms with Crippen molar-refractivity contribution in [1.29, 1.82) is 0 Å². The zero-order chi connectivity index (χ0) is 23.3. The van der Waals surface area contributed by atoms with E-state index in [4.69, 9.17) is 4.74 Å². The molecule has 1 amide bonds. The van der Waals surface area contributed by atoms with E-state index in [0.717, 1.165) is 29.1 Å². The van der Waals surface area contributed by atoms with E-state index in [1.165, 1.54) is 7.11 Å². The number of anilines is 1. The highest BCUT2D eigenvalue weighted by molar-refractivity contribution is 7.15. The normalized spacial score (nSPS) is 19.7. The summed E-state index contributed by atoms with van der Waals surface area (Å²) in [5, 5.41) is 19.5. The monoisotopic (exact) mass is 449 g/mol. The summed E-state index contributed by atoms with van der Waals surface area (Å²) >= 11 is 1.05. The topological polar surface area (TPSA) is 104 Å². The molecule has 1 aromatic rings. The third kappa shape index (κ3) is 6.31. The molecule has 1 aliphatic carbocycles. The first-order chi connectivity index (χ1) is 14.5. The zero-order valence-electron chi connectivity index (χ0n) is 18.7. The molecule has 0 bridgehead atoms. The molecule has 1 heterocycles. The van der Waals surface area contributed by atoms with Crippen LogP contribution in [0, 0.1) is 29.1 Å². The van der Waals surface area contributed by atoms with E-state index in [9.17, 15) is 24.6 Å². The van der Waals surface area contributed by atoms with Crippen LogP contribution in [0.25, 0.3) is 0 Å². The predicted octanol–water partition coefficient (Wildman–Crippen LogP) is 3.54. The van der Waals surface area contributed by atoms with Crippen LogP contribution < -0.4 is 4.90 Å². The number of carboxylic acids is 1. The number of aliphatic hydroxyl groups is 1. The fourth-order valence-corrected chi connectivity index (χ4v) is 4.45. The molecule has 2 N–H and O–H groups in total. The minimum absolute atomic E-state index is 0.0953. The van der Waals surface area contributed by atoms with Gasteiger partial charge in [-0.3, -0.25) is 9.69 Å². The Hall–Kier alpha value is -2.37. The highest BCUT2D eigenvalue weighted by Gasteiger charge is 2.38. The molecule has 1 atom stereocenters. The molecule has 170 valence electrons. The van der Waals surface area contributed by atoms with Crippen LogP contribution in [0.5, 0.6) is 0 Å². The van der Waals surface area contributed by atoms with Crippen molar-refractivity contribution < 1.29 is 29.3 Å². The van der Waals surface area contributed by atoms with E-state index in [1.54, 1.807) is 6.07 Å². The molecule has 0 radical (unpaired) electrons. The third-order valence-corrected chi connectivity index (χ3v) is 6.30. The summed E-state index contributed by atoms with van der Waals surface area (Å²) in [6.45, 7) is 7.19. The SMILES string of the molecule is COC(=O)c1sc(C#CC(C)(C)C)cc1N(C(=O)[C@H]1CC[C@H](C)CC1)[C@@H](CO)C(=O)O. The largest absolute Gasteiger partial charge is 0.480 e. The number of rotatable bonds is 6. The molecule has 1 aromatic heterocycles. The van der Waals surface area contributed by atoms with Gasteiger partial charge >= 0.3 is 11.9 Å². The lowest BCUT2D eigenvalue weighted by Crippen LogP contribution is -2.50. The van der Waals surface area contributed by atoms with Crippen molar-refractivity contribution in [2.45, 2.75) is 59.4 Å². The molecular weight excluding hydrogens is 418 g/mol. The van der Waals surface area contributed by atoms with Gasteiger partial charge in [-0.2, -0.15) is 0 Å². The smallest absolute Gasteiger partial charge is 0.350 e. The van der Waals surface area contributed by atoms with Gasteiger partial charge in [-0.1, -0.05) is 18.8 Å². The van der Waals surface area contributed by atoms with Gasteiger partial charge in [0.25, 0.3) is 0 Å². The lowest BCUT2D eigenvalue weighted by Gasteiger charge is -2.33. The number of methoxy groups -OCH3 is 1. The van der Waals surface area contributed by atoms with Crippen molar-refractivity contribution in [3.05, 3.63) is 15.8 Å². The number of hydrogen-bond acceptors (Lipinski definition) is 6. The predicted molar refractivity (Wildman–Crippen MR) is 119 cm³/mol. The lowest BCUT2D eigenvalue weighted by molar-refractivity contribution is -0.141. The summed E-state index contributed by atoms with van der Waals surface area (Å²) in [6, 6.07) is 0.0400. The number of thiophene rings is 1. The van der Waals surface area contributed by atoms with E-state index in [0.29, 0.717) is 23.6 Å². The van der Waals surface area contributed by atoms with E-state index >= 15 is 0 Å². The molecule has 0 unspecified atom stereocenters. The number of ether oxygens (including phenoxy) is 1. The van der Waals surface area contributed by atoms with Crippen molar-refractivity contribution in [3.63, 3.8) is 0 Å². The number of carboxylic acid groups (broad SMARTS) is 1. The standard InChI is InChI=1S/C23H31NO6S/c1-14-6-8-15(9-7-14)20(26)24(18(13-25)21(27)28)17-12-16(10-11-23(2,3)4)31-19(17)22(29)30-5/h12,14-15,18,25H,6-9,13H2,1-5H3,(H,27,28)/t14-,15-,18-/m0/s1. The van der Waals surface area contributed by atoms with Gasteiger partial charge in [-0.05, 0) is 58.4 Å². The molecule has 1 fully saturated rings. The van der Waals surface area contributed by atoms with Crippen LogP contribution in [-0.4, -0.2) is 47.8 Å². The third-order valence-electron chi connectivity index (χ3n) is 5.28. The number of aliphatic hydroxyl groups excluding tert-OH is 1. The van der Waals surface area contributed by atoms with Crippen LogP contribution in [0.15, 0.2) is 6.07 Å². The Morgan fingerprint density at radius 2 is 1.87 bits per heavy atom. The van der Waals surface area contributed by atoms with Gasteiger partial charge in [0.1, 0.15) is 4.88 Å². The van der Waals surface area contributed by atoms with E-state index in [1.807, 2.05) is 20.8 Å². The summed E-state index contributed by atoms with van der Waals surface area (Å²) < 4.78 is 4.87. The number of nitrogens with zero attached hydrogens (tertiary/aromatic N) is 1. The molecular formula is C23H31NO6S. The lowest BCUT2D eigenvalue weighted by atomic mass is 9.82. The highest BCUT2D eigenvalue weighted by atomic mass is 32.1.